The van der Waals surface area contributed by atoms with Gasteiger partial charge < -0.3 is 4.74 Å². The van der Waals surface area contributed by atoms with Crippen molar-refractivity contribution in [1.82, 2.24) is 9.88 Å². The number of amides is 1. The van der Waals surface area contributed by atoms with Gasteiger partial charge in [-0.05, 0) is 44.0 Å². The number of ether oxygens (including phenoxy) is 1. The van der Waals surface area contributed by atoms with Crippen molar-refractivity contribution in [3.63, 3.8) is 0 Å². The highest BCUT2D eigenvalue weighted by molar-refractivity contribution is 7.22. The van der Waals surface area contributed by atoms with Crippen LogP contribution in [0, 0.1) is 13.8 Å². The highest BCUT2D eigenvalue weighted by Crippen LogP contribution is 2.30. The van der Waals surface area contributed by atoms with E-state index < -0.39 is 0 Å². The summed E-state index contributed by atoms with van der Waals surface area (Å²) in [6.07, 6.45) is 0.909. The molecule has 1 aliphatic rings. The van der Waals surface area contributed by atoms with Crippen molar-refractivity contribution in [2.45, 2.75) is 20.3 Å². The molecule has 4 rings (SSSR count). The van der Waals surface area contributed by atoms with Gasteiger partial charge in [-0.3, -0.25) is 14.6 Å². The maximum atomic E-state index is 13.5. The first-order valence-corrected chi connectivity index (χ1v) is 11.0. The van der Waals surface area contributed by atoms with Crippen LogP contribution in [-0.2, 0) is 4.74 Å². The Morgan fingerprint density at radius 1 is 1.17 bits per heavy atom. The average molecular weight is 410 g/mol. The molecule has 0 atom stereocenters. The number of rotatable bonds is 6. The van der Waals surface area contributed by atoms with E-state index in [-0.39, 0.29) is 5.91 Å². The molecule has 5 nitrogen and oxygen atoms in total. The van der Waals surface area contributed by atoms with Gasteiger partial charge in [0.15, 0.2) is 5.13 Å². The van der Waals surface area contributed by atoms with Gasteiger partial charge in [0.1, 0.15) is 0 Å². The molecule has 2 aromatic carbocycles. The summed E-state index contributed by atoms with van der Waals surface area (Å²) in [5.74, 6) is 0.0345. The molecule has 1 saturated heterocycles. The molecule has 1 amide bonds. The van der Waals surface area contributed by atoms with Gasteiger partial charge in [0.2, 0.25) is 0 Å². The van der Waals surface area contributed by atoms with Crippen LogP contribution in [0.25, 0.3) is 10.2 Å². The number of aryl methyl sites for hydroxylation is 2. The molecule has 0 radical (unpaired) electrons. The van der Waals surface area contributed by atoms with Crippen LogP contribution in [0.3, 0.4) is 0 Å². The van der Waals surface area contributed by atoms with Crippen molar-refractivity contribution in [2.75, 3.05) is 44.3 Å². The number of hydrogen-bond donors (Lipinski definition) is 0. The summed E-state index contributed by atoms with van der Waals surface area (Å²) in [6.45, 7) is 9.16. The topological polar surface area (TPSA) is 45.7 Å². The average Bonchev–Trinajstić information content (AvgIpc) is 3.17. The molecule has 1 aliphatic heterocycles. The number of nitrogens with zero attached hydrogens (tertiary/aromatic N) is 3. The van der Waals surface area contributed by atoms with E-state index in [0.29, 0.717) is 6.54 Å². The van der Waals surface area contributed by atoms with Crippen LogP contribution in [0.15, 0.2) is 42.5 Å². The SMILES string of the molecule is Cc1ccc(C)c(C(=O)N(CCCN2CCOCC2)c2nc3ccccc3s2)c1. The van der Waals surface area contributed by atoms with Crippen LogP contribution in [0.5, 0.6) is 0 Å². The van der Waals surface area contributed by atoms with E-state index in [1.165, 1.54) is 0 Å². The van der Waals surface area contributed by atoms with E-state index in [0.717, 1.165) is 71.3 Å². The van der Waals surface area contributed by atoms with E-state index in [2.05, 4.69) is 11.0 Å². The lowest BCUT2D eigenvalue weighted by molar-refractivity contribution is 0.0376. The first-order chi connectivity index (χ1) is 14.1. The number of benzene rings is 2. The minimum absolute atomic E-state index is 0.0345. The lowest BCUT2D eigenvalue weighted by Crippen LogP contribution is -2.39. The number of carbonyl (C=O) groups excluding carboxylic acids is 1. The Kier molecular flexibility index (Phi) is 6.23. The van der Waals surface area contributed by atoms with Gasteiger partial charge in [0.25, 0.3) is 5.91 Å². The summed E-state index contributed by atoms with van der Waals surface area (Å²) in [4.78, 5) is 22.6. The Bertz CT molecular complexity index is 962. The Hall–Kier alpha value is -2.28. The smallest absolute Gasteiger partial charge is 0.260 e. The largest absolute Gasteiger partial charge is 0.379 e. The van der Waals surface area contributed by atoms with Crippen LogP contribution in [0.4, 0.5) is 5.13 Å². The zero-order valence-electron chi connectivity index (χ0n) is 17.1. The minimum Gasteiger partial charge on any atom is -0.379 e. The van der Waals surface area contributed by atoms with E-state index >= 15 is 0 Å². The second-order valence-corrected chi connectivity index (χ2v) is 8.56. The molecule has 3 aromatic rings. The second-order valence-electron chi connectivity index (χ2n) is 7.55. The number of hydrogen-bond acceptors (Lipinski definition) is 5. The fourth-order valence-corrected chi connectivity index (χ4v) is 4.64. The van der Waals surface area contributed by atoms with Crippen molar-refractivity contribution in [2.24, 2.45) is 0 Å². The number of carbonyl (C=O) groups is 1. The third-order valence-corrected chi connectivity index (χ3v) is 6.40. The van der Waals surface area contributed by atoms with Crippen LogP contribution in [0.2, 0.25) is 0 Å². The quantitative estimate of drug-likeness (QED) is 0.610. The third-order valence-electron chi connectivity index (χ3n) is 5.34. The zero-order valence-corrected chi connectivity index (χ0v) is 17.9. The molecule has 152 valence electrons. The summed E-state index contributed by atoms with van der Waals surface area (Å²) >= 11 is 1.58. The Morgan fingerprint density at radius 3 is 2.76 bits per heavy atom. The summed E-state index contributed by atoms with van der Waals surface area (Å²) < 4.78 is 6.54. The molecule has 6 heteroatoms. The highest BCUT2D eigenvalue weighted by atomic mass is 32.1. The molecule has 0 spiro atoms. The molecule has 2 heterocycles. The van der Waals surface area contributed by atoms with Crippen molar-refractivity contribution >= 4 is 32.6 Å². The lowest BCUT2D eigenvalue weighted by Gasteiger charge is -2.28. The summed E-state index contributed by atoms with van der Waals surface area (Å²) in [6, 6.07) is 14.1. The van der Waals surface area contributed by atoms with E-state index in [1.54, 1.807) is 11.3 Å². The first-order valence-electron chi connectivity index (χ1n) is 10.2. The zero-order chi connectivity index (χ0) is 20.2. The maximum Gasteiger partial charge on any atom is 0.260 e. The Morgan fingerprint density at radius 2 is 1.97 bits per heavy atom. The molecule has 0 N–H and O–H groups in total. The van der Waals surface area contributed by atoms with Crippen LogP contribution in [0.1, 0.15) is 27.9 Å². The lowest BCUT2D eigenvalue weighted by atomic mass is 10.0. The van der Waals surface area contributed by atoms with Crippen molar-refractivity contribution < 1.29 is 9.53 Å². The number of para-hydroxylation sites is 1. The fourth-order valence-electron chi connectivity index (χ4n) is 3.65. The van der Waals surface area contributed by atoms with Crippen LogP contribution < -0.4 is 4.90 Å². The summed E-state index contributed by atoms with van der Waals surface area (Å²) in [7, 11) is 0. The first kappa shape index (κ1) is 20.0. The monoisotopic (exact) mass is 409 g/mol. The van der Waals surface area contributed by atoms with Gasteiger partial charge in [0.05, 0.1) is 23.4 Å². The normalized spacial score (nSPS) is 15.0. The number of fused-ring (bicyclic) bond motifs is 1. The number of anilines is 1. The molecule has 0 aliphatic carbocycles. The van der Waals surface area contributed by atoms with Gasteiger partial charge in [-0.25, -0.2) is 4.98 Å². The highest BCUT2D eigenvalue weighted by Gasteiger charge is 2.23. The van der Waals surface area contributed by atoms with Crippen molar-refractivity contribution in [3.8, 4) is 0 Å². The van der Waals surface area contributed by atoms with Crippen molar-refractivity contribution in [1.29, 1.82) is 0 Å². The predicted octanol–water partition coefficient (Wildman–Crippen LogP) is 4.28. The van der Waals surface area contributed by atoms with Crippen molar-refractivity contribution in [3.05, 3.63) is 59.2 Å². The molecule has 0 bridgehead atoms. The number of thiazole rings is 1. The van der Waals surface area contributed by atoms with Gasteiger partial charge in [0, 0.05) is 31.7 Å². The van der Waals surface area contributed by atoms with E-state index in [9.17, 15) is 4.79 Å². The van der Waals surface area contributed by atoms with E-state index in [1.807, 2.05) is 55.1 Å². The van der Waals surface area contributed by atoms with Gasteiger partial charge >= 0.3 is 0 Å². The molecule has 29 heavy (non-hydrogen) atoms. The number of morpholine rings is 1. The molecule has 0 unspecified atom stereocenters. The van der Waals surface area contributed by atoms with Gasteiger partial charge in [-0.2, -0.15) is 0 Å². The Balaban J connectivity index is 1.59. The van der Waals surface area contributed by atoms with Gasteiger partial charge in [-0.1, -0.05) is 41.2 Å². The standard InChI is InChI=1S/C23H27N3O2S/c1-17-8-9-18(2)19(16-17)22(27)26(11-5-10-25-12-14-28-15-13-25)23-24-20-6-3-4-7-21(20)29-23/h3-4,6-9,16H,5,10-15H2,1-2H3. The Labute approximate surface area is 175 Å². The fraction of sp³-hybridized carbons (Fsp3) is 0.391. The van der Waals surface area contributed by atoms with E-state index in [4.69, 9.17) is 9.72 Å². The van der Waals surface area contributed by atoms with Crippen LogP contribution in [-0.4, -0.2) is 55.2 Å². The molecule has 1 fully saturated rings. The third kappa shape index (κ3) is 4.66. The summed E-state index contributed by atoms with van der Waals surface area (Å²) in [5.41, 5.74) is 3.80. The predicted molar refractivity (Wildman–Crippen MR) is 119 cm³/mol. The second kappa shape index (κ2) is 9.03. The van der Waals surface area contributed by atoms with Crippen LogP contribution >= 0.6 is 11.3 Å². The minimum atomic E-state index is 0.0345. The molecular formula is C23H27N3O2S. The summed E-state index contributed by atoms with van der Waals surface area (Å²) in [5, 5.41) is 0.777. The molecule has 1 aromatic heterocycles. The number of aromatic nitrogens is 1. The molecule has 0 saturated carbocycles. The van der Waals surface area contributed by atoms with Gasteiger partial charge in [-0.15, -0.1) is 0 Å². The maximum absolute atomic E-state index is 13.5. The molecular weight excluding hydrogens is 382 g/mol.